The van der Waals surface area contributed by atoms with Crippen LogP contribution in [0.3, 0.4) is 0 Å². The molecule has 0 saturated heterocycles. The second kappa shape index (κ2) is 4.40. The van der Waals surface area contributed by atoms with Gasteiger partial charge in [0, 0.05) is 25.5 Å². The molecule has 3 rings (SSSR count). The maximum Gasteiger partial charge on any atom is 0.316 e. The summed E-state index contributed by atoms with van der Waals surface area (Å²) in [5.41, 5.74) is -0.893. The first-order valence-electron chi connectivity index (χ1n) is 5.89. The van der Waals surface area contributed by atoms with E-state index in [1.165, 1.54) is 36.3 Å². The van der Waals surface area contributed by atoms with Crippen molar-refractivity contribution in [2.75, 3.05) is 0 Å². The van der Waals surface area contributed by atoms with Crippen molar-refractivity contribution in [3.05, 3.63) is 61.7 Å². The standard InChI is InChI=1S/C12H9N5O4/c1-15-8-5-9(16-3-2-13-6-16)10(17(20)21)4-7(8)14-11(18)12(15)19/h2-6H,1H3,(H,14,18). The predicted molar refractivity (Wildman–Crippen MR) is 73.6 cm³/mol. The summed E-state index contributed by atoms with van der Waals surface area (Å²) in [5, 5.41) is 11.2. The van der Waals surface area contributed by atoms with Gasteiger partial charge in [-0.25, -0.2) is 4.98 Å². The number of fused-ring (bicyclic) bond motifs is 1. The van der Waals surface area contributed by atoms with Crippen molar-refractivity contribution >= 4 is 16.7 Å². The van der Waals surface area contributed by atoms with Crippen molar-refractivity contribution in [3.8, 4) is 5.69 Å². The molecule has 9 heteroatoms. The molecule has 1 aromatic carbocycles. The van der Waals surface area contributed by atoms with E-state index >= 15 is 0 Å². The largest absolute Gasteiger partial charge is 0.316 e. The lowest BCUT2D eigenvalue weighted by atomic mass is 10.2. The van der Waals surface area contributed by atoms with Crippen LogP contribution in [0.15, 0.2) is 40.4 Å². The van der Waals surface area contributed by atoms with Crippen LogP contribution in [0, 0.1) is 10.1 Å². The van der Waals surface area contributed by atoms with Crippen LogP contribution in [0.5, 0.6) is 0 Å². The molecule has 106 valence electrons. The minimum Gasteiger partial charge on any atom is -0.316 e. The van der Waals surface area contributed by atoms with Gasteiger partial charge in [-0.15, -0.1) is 0 Å². The maximum atomic E-state index is 11.7. The van der Waals surface area contributed by atoms with E-state index in [1.54, 1.807) is 6.20 Å². The van der Waals surface area contributed by atoms with Gasteiger partial charge in [0.25, 0.3) is 5.69 Å². The van der Waals surface area contributed by atoms with Crippen LogP contribution in [0.25, 0.3) is 16.7 Å². The normalized spacial score (nSPS) is 10.9. The molecule has 0 amide bonds. The molecular formula is C12H9N5O4. The van der Waals surface area contributed by atoms with E-state index in [2.05, 4.69) is 9.97 Å². The summed E-state index contributed by atoms with van der Waals surface area (Å²) in [6.45, 7) is 0. The lowest BCUT2D eigenvalue weighted by Crippen LogP contribution is -2.34. The van der Waals surface area contributed by atoms with Crippen LogP contribution in [-0.2, 0) is 7.05 Å². The van der Waals surface area contributed by atoms with E-state index < -0.39 is 16.0 Å². The van der Waals surface area contributed by atoms with Crippen molar-refractivity contribution in [1.82, 2.24) is 19.1 Å². The third-order valence-corrected chi connectivity index (χ3v) is 3.18. The number of aromatic amines is 1. The third kappa shape index (κ3) is 1.91. The monoisotopic (exact) mass is 287 g/mol. The number of nitro groups is 1. The molecule has 0 atom stereocenters. The van der Waals surface area contributed by atoms with Gasteiger partial charge in [-0.1, -0.05) is 0 Å². The second-order valence-electron chi connectivity index (χ2n) is 4.40. The Bertz CT molecular complexity index is 968. The van der Waals surface area contributed by atoms with Gasteiger partial charge < -0.3 is 14.1 Å². The molecule has 0 saturated carbocycles. The third-order valence-electron chi connectivity index (χ3n) is 3.18. The predicted octanol–water partition coefficient (Wildman–Crippen LogP) is 0.321. The summed E-state index contributed by atoms with van der Waals surface area (Å²) < 4.78 is 2.62. The highest BCUT2D eigenvalue weighted by atomic mass is 16.6. The van der Waals surface area contributed by atoms with Crippen molar-refractivity contribution in [2.45, 2.75) is 0 Å². The molecular weight excluding hydrogens is 278 g/mol. The molecule has 21 heavy (non-hydrogen) atoms. The summed E-state index contributed by atoms with van der Waals surface area (Å²) in [6.07, 6.45) is 4.45. The number of nitrogens with zero attached hydrogens (tertiary/aromatic N) is 4. The van der Waals surface area contributed by atoms with Crippen LogP contribution in [-0.4, -0.2) is 24.0 Å². The molecule has 0 aliphatic carbocycles. The fourth-order valence-electron chi connectivity index (χ4n) is 2.14. The number of nitrogens with one attached hydrogen (secondary N) is 1. The van der Waals surface area contributed by atoms with E-state index in [9.17, 15) is 19.7 Å². The fraction of sp³-hybridized carbons (Fsp3) is 0.0833. The highest BCUT2D eigenvalue weighted by molar-refractivity contribution is 5.82. The quantitative estimate of drug-likeness (QED) is 0.414. The van der Waals surface area contributed by atoms with Gasteiger partial charge in [0.05, 0.1) is 22.3 Å². The van der Waals surface area contributed by atoms with Crippen LogP contribution >= 0.6 is 0 Å². The Balaban J connectivity index is 2.47. The number of imidazole rings is 1. The van der Waals surface area contributed by atoms with E-state index in [1.807, 2.05) is 0 Å². The minimum absolute atomic E-state index is 0.199. The summed E-state index contributed by atoms with van der Waals surface area (Å²) >= 11 is 0. The average molecular weight is 287 g/mol. The lowest BCUT2D eigenvalue weighted by molar-refractivity contribution is -0.384. The summed E-state index contributed by atoms with van der Waals surface area (Å²) in [6, 6.07) is 2.69. The molecule has 2 aromatic heterocycles. The maximum absolute atomic E-state index is 11.7. The minimum atomic E-state index is -0.824. The Hall–Kier alpha value is -3.23. The van der Waals surface area contributed by atoms with E-state index in [0.717, 1.165) is 4.57 Å². The molecule has 0 fully saturated rings. The number of aryl methyl sites for hydroxylation is 1. The molecule has 9 nitrogen and oxygen atoms in total. The Morgan fingerprint density at radius 1 is 1.33 bits per heavy atom. The Labute approximate surface area is 116 Å². The topological polar surface area (TPSA) is 116 Å². The molecule has 0 aliphatic rings. The number of benzene rings is 1. The number of nitro benzene ring substituents is 1. The lowest BCUT2D eigenvalue weighted by Gasteiger charge is -2.08. The zero-order valence-corrected chi connectivity index (χ0v) is 10.8. The molecule has 3 aromatic rings. The van der Waals surface area contributed by atoms with Gasteiger partial charge in [0.15, 0.2) is 0 Å². The van der Waals surface area contributed by atoms with E-state index in [4.69, 9.17) is 0 Å². The van der Waals surface area contributed by atoms with Crippen LogP contribution in [0.1, 0.15) is 0 Å². The average Bonchev–Trinajstić information content (AvgIpc) is 2.98. The second-order valence-corrected chi connectivity index (χ2v) is 4.40. The summed E-state index contributed by atoms with van der Waals surface area (Å²) in [5.74, 6) is 0. The van der Waals surface area contributed by atoms with Crippen molar-refractivity contribution in [3.63, 3.8) is 0 Å². The van der Waals surface area contributed by atoms with Gasteiger partial charge in [-0.05, 0) is 6.07 Å². The highest BCUT2D eigenvalue weighted by Crippen LogP contribution is 2.26. The molecule has 0 radical (unpaired) electrons. The number of H-pyrrole nitrogens is 1. The number of hydrogen-bond donors (Lipinski definition) is 1. The first-order valence-corrected chi connectivity index (χ1v) is 5.89. The molecule has 0 aliphatic heterocycles. The zero-order valence-electron chi connectivity index (χ0n) is 10.8. The molecule has 1 N–H and O–H groups in total. The van der Waals surface area contributed by atoms with E-state index in [0.29, 0.717) is 5.52 Å². The van der Waals surface area contributed by atoms with Gasteiger partial charge in [0.2, 0.25) is 0 Å². The summed E-state index contributed by atoms with van der Waals surface area (Å²) in [7, 11) is 1.43. The van der Waals surface area contributed by atoms with Gasteiger partial charge in [-0.2, -0.15) is 0 Å². The Kier molecular flexibility index (Phi) is 2.68. The molecule has 2 heterocycles. The van der Waals surface area contributed by atoms with Crippen LogP contribution in [0.2, 0.25) is 0 Å². The molecule has 0 unspecified atom stereocenters. The first kappa shape index (κ1) is 12.8. The number of aromatic nitrogens is 4. The van der Waals surface area contributed by atoms with Gasteiger partial charge >= 0.3 is 11.1 Å². The number of hydrogen-bond acceptors (Lipinski definition) is 5. The van der Waals surface area contributed by atoms with Crippen molar-refractivity contribution in [2.24, 2.45) is 7.05 Å². The molecule has 0 spiro atoms. The van der Waals surface area contributed by atoms with Crippen molar-refractivity contribution < 1.29 is 4.92 Å². The van der Waals surface area contributed by atoms with Crippen LogP contribution in [0.4, 0.5) is 5.69 Å². The highest BCUT2D eigenvalue weighted by Gasteiger charge is 2.18. The SMILES string of the molecule is Cn1c(=O)c(=O)[nH]c2cc([N+](=O)[O-])c(-n3ccnc3)cc21. The first-order chi connectivity index (χ1) is 9.99. The number of rotatable bonds is 2. The van der Waals surface area contributed by atoms with Crippen molar-refractivity contribution in [1.29, 1.82) is 0 Å². The zero-order chi connectivity index (χ0) is 15.1. The smallest absolute Gasteiger partial charge is 0.316 e. The van der Waals surface area contributed by atoms with E-state index in [-0.39, 0.29) is 16.9 Å². The van der Waals surface area contributed by atoms with Gasteiger partial charge in [0.1, 0.15) is 5.69 Å². The molecule has 0 bridgehead atoms. The van der Waals surface area contributed by atoms with Gasteiger partial charge in [-0.3, -0.25) is 19.7 Å². The Morgan fingerprint density at radius 3 is 2.71 bits per heavy atom. The Morgan fingerprint density at radius 2 is 2.10 bits per heavy atom. The summed E-state index contributed by atoms with van der Waals surface area (Å²) in [4.78, 5) is 40.0. The van der Waals surface area contributed by atoms with Crippen LogP contribution < -0.4 is 11.1 Å². The fourth-order valence-corrected chi connectivity index (χ4v) is 2.14.